The van der Waals surface area contributed by atoms with Crippen molar-refractivity contribution < 1.29 is 5.11 Å². The SMILES string of the molecule is CCC1(C)CCN(CC(N)CCO)CC1. The van der Waals surface area contributed by atoms with Crippen molar-refractivity contribution in [2.24, 2.45) is 11.1 Å². The standard InChI is InChI=1S/C12H26N2O/c1-3-12(2)5-7-14(8-6-12)10-11(13)4-9-15/h11,15H,3-10,13H2,1-2H3. The second-order valence-corrected chi connectivity index (χ2v) is 5.24. The molecular formula is C12H26N2O. The third-order valence-corrected chi connectivity index (χ3v) is 3.91. The summed E-state index contributed by atoms with van der Waals surface area (Å²) < 4.78 is 0. The van der Waals surface area contributed by atoms with Gasteiger partial charge in [-0.25, -0.2) is 0 Å². The molecule has 15 heavy (non-hydrogen) atoms. The maximum absolute atomic E-state index is 8.79. The molecule has 3 nitrogen and oxygen atoms in total. The van der Waals surface area contributed by atoms with E-state index < -0.39 is 0 Å². The van der Waals surface area contributed by atoms with Gasteiger partial charge in [-0.2, -0.15) is 0 Å². The summed E-state index contributed by atoms with van der Waals surface area (Å²) in [6, 6.07) is 0.140. The van der Waals surface area contributed by atoms with E-state index in [9.17, 15) is 0 Å². The lowest BCUT2D eigenvalue weighted by Crippen LogP contribution is -2.44. The Labute approximate surface area is 93.6 Å². The quantitative estimate of drug-likeness (QED) is 0.723. The molecule has 1 aliphatic rings. The van der Waals surface area contributed by atoms with Gasteiger partial charge in [-0.3, -0.25) is 0 Å². The highest BCUT2D eigenvalue weighted by atomic mass is 16.3. The summed E-state index contributed by atoms with van der Waals surface area (Å²) in [6.45, 7) is 8.17. The number of hydrogen-bond donors (Lipinski definition) is 2. The van der Waals surface area contributed by atoms with Gasteiger partial charge >= 0.3 is 0 Å². The second kappa shape index (κ2) is 5.83. The van der Waals surface area contributed by atoms with E-state index in [1.165, 1.54) is 32.4 Å². The maximum atomic E-state index is 8.79. The minimum atomic E-state index is 0.140. The average molecular weight is 214 g/mol. The fourth-order valence-corrected chi connectivity index (χ4v) is 2.22. The molecule has 1 rings (SSSR count). The summed E-state index contributed by atoms with van der Waals surface area (Å²) in [4.78, 5) is 2.44. The highest BCUT2D eigenvalue weighted by Crippen LogP contribution is 2.33. The van der Waals surface area contributed by atoms with Crippen molar-refractivity contribution in [3.8, 4) is 0 Å². The number of aliphatic hydroxyl groups is 1. The molecule has 1 aliphatic heterocycles. The molecule has 1 unspecified atom stereocenters. The van der Waals surface area contributed by atoms with Gasteiger partial charge < -0.3 is 15.7 Å². The van der Waals surface area contributed by atoms with Gasteiger partial charge in [0.1, 0.15) is 0 Å². The third kappa shape index (κ3) is 4.09. The summed E-state index contributed by atoms with van der Waals surface area (Å²) in [6.07, 6.45) is 4.58. The molecule has 1 saturated heterocycles. The molecule has 0 amide bonds. The summed E-state index contributed by atoms with van der Waals surface area (Å²) in [7, 11) is 0. The first-order chi connectivity index (χ1) is 7.09. The van der Waals surface area contributed by atoms with Crippen LogP contribution in [0.3, 0.4) is 0 Å². The maximum Gasteiger partial charge on any atom is 0.0446 e. The molecule has 1 atom stereocenters. The number of piperidine rings is 1. The number of nitrogens with zero attached hydrogens (tertiary/aromatic N) is 1. The second-order valence-electron chi connectivity index (χ2n) is 5.24. The van der Waals surface area contributed by atoms with Crippen LogP contribution in [0.15, 0.2) is 0 Å². The summed E-state index contributed by atoms with van der Waals surface area (Å²) in [5, 5.41) is 8.79. The molecular weight excluding hydrogens is 188 g/mol. The highest BCUT2D eigenvalue weighted by Gasteiger charge is 2.28. The van der Waals surface area contributed by atoms with E-state index in [-0.39, 0.29) is 12.6 Å². The molecule has 0 aromatic rings. The molecule has 1 fully saturated rings. The molecule has 90 valence electrons. The molecule has 3 heteroatoms. The Morgan fingerprint density at radius 2 is 2.00 bits per heavy atom. The van der Waals surface area contributed by atoms with Crippen molar-refractivity contribution >= 4 is 0 Å². The lowest BCUT2D eigenvalue weighted by Gasteiger charge is -2.39. The molecule has 0 bridgehead atoms. The molecule has 3 N–H and O–H groups in total. The van der Waals surface area contributed by atoms with Crippen LogP contribution in [-0.4, -0.2) is 42.3 Å². The molecule has 0 aromatic carbocycles. The largest absolute Gasteiger partial charge is 0.396 e. The Kier molecular flexibility index (Phi) is 5.03. The van der Waals surface area contributed by atoms with E-state index in [0.29, 0.717) is 5.41 Å². The van der Waals surface area contributed by atoms with Crippen LogP contribution in [0.1, 0.15) is 39.5 Å². The number of rotatable bonds is 5. The lowest BCUT2D eigenvalue weighted by molar-refractivity contribution is 0.107. The van der Waals surface area contributed by atoms with Gasteiger partial charge in [-0.05, 0) is 37.8 Å². The van der Waals surface area contributed by atoms with Gasteiger partial charge in [0.2, 0.25) is 0 Å². The first kappa shape index (κ1) is 12.9. The van der Waals surface area contributed by atoms with Gasteiger partial charge in [0.25, 0.3) is 0 Å². The summed E-state index contributed by atoms with van der Waals surface area (Å²) in [5.74, 6) is 0. The normalized spacial score (nSPS) is 24.0. The Balaban J connectivity index is 2.25. The van der Waals surface area contributed by atoms with Crippen LogP contribution < -0.4 is 5.73 Å². The number of hydrogen-bond acceptors (Lipinski definition) is 3. The molecule has 0 radical (unpaired) electrons. The van der Waals surface area contributed by atoms with E-state index in [4.69, 9.17) is 10.8 Å². The summed E-state index contributed by atoms with van der Waals surface area (Å²) in [5.41, 5.74) is 6.47. The first-order valence-electron chi connectivity index (χ1n) is 6.18. The number of nitrogens with two attached hydrogens (primary N) is 1. The van der Waals surface area contributed by atoms with E-state index in [2.05, 4.69) is 18.7 Å². The third-order valence-electron chi connectivity index (χ3n) is 3.91. The minimum Gasteiger partial charge on any atom is -0.396 e. The molecule has 0 saturated carbocycles. The number of likely N-dealkylation sites (tertiary alicyclic amines) is 1. The van der Waals surface area contributed by atoms with E-state index in [1.54, 1.807) is 0 Å². The van der Waals surface area contributed by atoms with E-state index >= 15 is 0 Å². The van der Waals surface area contributed by atoms with Crippen LogP contribution in [0.4, 0.5) is 0 Å². The predicted octanol–water partition coefficient (Wildman–Crippen LogP) is 1.21. The molecule has 0 aromatic heterocycles. The molecule has 1 heterocycles. The van der Waals surface area contributed by atoms with Crippen LogP contribution >= 0.6 is 0 Å². The van der Waals surface area contributed by atoms with Gasteiger partial charge in [-0.15, -0.1) is 0 Å². The number of aliphatic hydroxyl groups excluding tert-OH is 1. The highest BCUT2D eigenvalue weighted by molar-refractivity contribution is 4.82. The van der Waals surface area contributed by atoms with Crippen LogP contribution in [0.25, 0.3) is 0 Å². The molecule has 0 aliphatic carbocycles. The Hall–Kier alpha value is -0.120. The van der Waals surface area contributed by atoms with Crippen molar-refractivity contribution in [1.82, 2.24) is 4.90 Å². The van der Waals surface area contributed by atoms with Crippen LogP contribution in [0.2, 0.25) is 0 Å². The van der Waals surface area contributed by atoms with E-state index in [1.807, 2.05) is 0 Å². The van der Waals surface area contributed by atoms with Crippen molar-refractivity contribution in [1.29, 1.82) is 0 Å². The van der Waals surface area contributed by atoms with Crippen molar-refractivity contribution in [3.05, 3.63) is 0 Å². The van der Waals surface area contributed by atoms with Gasteiger partial charge in [0.15, 0.2) is 0 Å². The van der Waals surface area contributed by atoms with Crippen molar-refractivity contribution in [2.75, 3.05) is 26.2 Å². The lowest BCUT2D eigenvalue weighted by atomic mass is 9.78. The van der Waals surface area contributed by atoms with Gasteiger partial charge in [0, 0.05) is 19.2 Å². The fourth-order valence-electron chi connectivity index (χ4n) is 2.22. The Morgan fingerprint density at radius 3 is 2.47 bits per heavy atom. The zero-order valence-corrected chi connectivity index (χ0v) is 10.2. The van der Waals surface area contributed by atoms with Crippen LogP contribution in [0, 0.1) is 5.41 Å². The van der Waals surface area contributed by atoms with Crippen molar-refractivity contribution in [3.63, 3.8) is 0 Å². The monoisotopic (exact) mass is 214 g/mol. The van der Waals surface area contributed by atoms with Gasteiger partial charge in [0.05, 0.1) is 0 Å². The predicted molar refractivity (Wildman–Crippen MR) is 63.8 cm³/mol. The fraction of sp³-hybridized carbons (Fsp3) is 1.00. The first-order valence-corrected chi connectivity index (χ1v) is 6.18. The van der Waals surface area contributed by atoms with E-state index in [0.717, 1.165) is 13.0 Å². The van der Waals surface area contributed by atoms with Crippen LogP contribution in [-0.2, 0) is 0 Å². The van der Waals surface area contributed by atoms with Crippen LogP contribution in [0.5, 0.6) is 0 Å². The Morgan fingerprint density at radius 1 is 1.40 bits per heavy atom. The summed E-state index contributed by atoms with van der Waals surface area (Å²) >= 11 is 0. The topological polar surface area (TPSA) is 49.5 Å². The van der Waals surface area contributed by atoms with Gasteiger partial charge in [-0.1, -0.05) is 20.3 Å². The Bertz CT molecular complexity index is 176. The average Bonchev–Trinajstić information content (AvgIpc) is 2.22. The molecule has 0 spiro atoms. The minimum absolute atomic E-state index is 0.140. The smallest absolute Gasteiger partial charge is 0.0446 e. The zero-order chi connectivity index (χ0) is 11.3. The van der Waals surface area contributed by atoms with Crippen molar-refractivity contribution in [2.45, 2.75) is 45.6 Å². The zero-order valence-electron chi connectivity index (χ0n) is 10.2.